The minimum absolute atomic E-state index is 0.0695. The highest BCUT2D eigenvalue weighted by Crippen LogP contribution is 2.24. The maximum Gasteiger partial charge on any atom is 0.330 e. The van der Waals surface area contributed by atoms with Gasteiger partial charge >= 0.3 is 5.97 Å². The molecule has 0 spiro atoms. The molecule has 4 nitrogen and oxygen atoms in total. The van der Waals surface area contributed by atoms with Crippen LogP contribution in [0.4, 0.5) is 0 Å². The first-order valence-electron chi connectivity index (χ1n) is 6.03. The number of ether oxygens (including phenoxy) is 1. The Bertz CT molecular complexity index is 353. The van der Waals surface area contributed by atoms with Crippen LogP contribution in [0, 0.1) is 5.92 Å². The molecule has 0 bridgehead atoms. The van der Waals surface area contributed by atoms with Crippen LogP contribution in [0.3, 0.4) is 0 Å². The third-order valence-corrected chi connectivity index (χ3v) is 4.79. The highest BCUT2D eigenvalue weighted by molar-refractivity contribution is 7.91. The third-order valence-electron chi connectivity index (χ3n) is 3.02. The molecule has 0 saturated heterocycles. The van der Waals surface area contributed by atoms with Gasteiger partial charge in [0.15, 0.2) is 9.84 Å². The van der Waals surface area contributed by atoms with Crippen LogP contribution in [0.2, 0.25) is 0 Å². The molecule has 0 aromatic rings. The summed E-state index contributed by atoms with van der Waals surface area (Å²) in [6, 6.07) is 0. The summed E-state index contributed by atoms with van der Waals surface area (Å²) in [5.41, 5.74) is 0. The van der Waals surface area contributed by atoms with E-state index < -0.39 is 15.8 Å². The fourth-order valence-electron chi connectivity index (χ4n) is 2.12. The number of sulfone groups is 1. The highest BCUT2D eigenvalue weighted by atomic mass is 32.2. The van der Waals surface area contributed by atoms with Crippen molar-refractivity contribution in [2.75, 3.05) is 18.1 Å². The second-order valence-corrected chi connectivity index (χ2v) is 6.72. The molecular formula is C12H20O4S. The number of carbonyl (C=O) groups is 1. The van der Waals surface area contributed by atoms with Crippen molar-refractivity contribution in [2.24, 2.45) is 5.92 Å². The first-order chi connectivity index (χ1) is 8.03. The van der Waals surface area contributed by atoms with E-state index in [-0.39, 0.29) is 18.1 Å². The standard InChI is InChI=1S/C12H20O4S/c1-2-12(13)16-8-9-17(14,15)10-11-6-4-3-5-7-11/h2,11H,1,3-10H2. The Labute approximate surface area is 103 Å². The second-order valence-electron chi connectivity index (χ2n) is 4.49. The van der Waals surface area contributed by atoms with Gasteiger partial charge in [0.25, 0.3) is 0 Å². The predicted octanol–water partition coefficient (Wildman–Crippen LogP) is 1.71. The molecule has 0 aliphatic heterocycles. The molecule has 1 aliphatic carbocycles. The van der Waals surface area contributed by atoms with E-state index in [1.165, 1.54) is 6.42 Å². The summed E-state index contributed by atoms with van der Waals surface area (Å²) in [5, 5.41) is 0. The van der Waals surface area contributed by atoms with E-state index in [1.54, 1.807) is 0 Å². The van der Waals surface area contributed by atoms with Crippen molar-refractivity contribution in [2.45, 2.75) is 32.1 Å². The monoisotopic (exact) mass is 260 g/mol. The van der Waals surface area contributed by atoms with Gasteiger partial charge in [-0.15, -0.1) is 0 Å². The summed E-state index contributed by atoms with van der Waals surface area (Å²) in [5.74, 6) is -0.122. The SMILES string of the molecule is C=CC(=O)OCCS(=O)(=O)CC1CCCCC1. The Morgan fingerprint density at radius 2 is 1.94 bits per heavy atom. The molecule has 0 unspecified atom stereocenters. The van der Waals surface area contributed by atoms with Gasteiger partial charge in [-0.2, -0.15) is 0 Å². The smallest absolute Gasteiger partial charge is 0.330 e. The molecule has 0 amide bonds. The van der Waals surface area contributed by atoms with Crippen LogP contribution in [-0.4, -0.2) is 32.5 Å². The number of rotatable bonds is 6. The van der Waals surface area contributed by atoms with Gasteiger partial charge in [0.1, 0.15) is 6.61 Å². The molecule has 98 valence electrons. The third kappa shape index (κ3) is 5.86. The zero-order valence-electron chi connectivity index (χ0n) is 10.1. The second kappa shape index (κ2) is 6.79. The molecule has 5 heteroatoms. The van der Waals surface area contributed by atoms with Crippen LogP contribution in [0.15, 0.2) is 12.7 Å². The number of hydrogen-bond acceptors (Lipinski definition) is 4. The van der Waals surface area contributed by atoms with Crippen LogP contribution < -0.4 is 0 Å². The van der Waals surface area contributed by atoms with E-state index in [0.29, 0.717) is 5.92 Å². The average molecular weight is 260 g/mol. The average Bonchev–Trinajstić information content (AvgIpc) is 2.29. The topological polar surface area (TPSA) is 60.4 Å². The molecule has 1 rings (SSSR count). The lowest BCUT2D eigenvalue weighted by Gasteiger charge is -2.21. The van der Waals surface area contributed by atoms with Crippen LogP contribution >= 0.6 is 0 Å². The van der Waals surface area contributed by atoms with Gasteiger partial charge < -0.3 is 4.74 Å². The zero-order valence-corrected chi connectivity index (χ0v) is 10.9. The van der Waals surface area contributed by atoms with Crippen LogP contribution in [0.5, 0.6) is 0 Å². The van der Waals surface area contributed by atoms with Crippen molar-refractivity contribution < 1.29 is 17.9 Å². The summed E-state index contributed by atoms with van der Waals surface area (Å²) >= 11 is 0. The molecule has 1 fully saturated rings. The maximum absolute atomic E-state index is 11.8. The number of esters is 1. The predicted molar refractivity (Wildman–Crippen MR) is 66.4 cm³/mol. The Morgan fingerprint density at radius 1 is 1.29 bits per heavy atom. The maximum atomic E-state index is 11.8. The normalized spacial score (nSPS) is 17.6. The Balaban J connectivity index is 2.29. The Hall–Kier alpha value is -0.840. The molecule has 0 aromatic heterocycles. The summed E-state index contributed by atoms with van der Waals surface area (Å²) in [6.07, 6.45) is 6.52. The van der Waals surface area contributed by atoms with Crippen molar-refractivity contribution in [3.8, 4) is 0 Å². The van der Waals surface area contributed by atoms with Crippen LogP contribution in [-0.2, 0) is 19.4 Å². The molecule has 0 aromatic carbocycles. The van der Waals surface area contributed by atoms with Gasteiger partial charge in [0, 0.05) is 6.08 Å². The van der Waals surface area contributed by atoms with Crippen molar-refractivity contribution in [3.63, 3.8) is 0 Å². The van der Waals surface area contributed by atoms with E-state index in [9.17, 15) is 13.2 Å². The van der Waals surface area contributed by atoms with E-state index in [4.69, 9.17) is 0 Å². The minimum atomic E-state index is -3.10. The lowest BCUT2D eigenvalue weighted by Crippen LogP contribution is -2.23. The van der Waals surface area contributed by atoms with Gasteiger partial charge in [0.2, 0.25) is 0 Å². The first-order valence-corrected chi connectivity index (χ1v) is 7.85. The number of hydrogen-bond donors (Lipinski definition) is 0. The molecule has 1 aliphatic rings. The minimum Gasteiger partial charge on any atom is -0.461 e. The van der Waals surface area contributed by atoms with Crippen molar-refractivity contribution in [1.29, 1.82) is 0 Å². The van der Waals surface area contributed by atoms with Gasteiger partial charge in [-0.25, -0.2) is 13.2 Å². The number of carbonyl (C=O) groups excluding carboxylic acids is 1. The fraction of sp³-hybridized carbons (Fsp3) is 0.750. The van der Waals surface area contributed by atoms with Crippen molar-refractivity contribution in [3.05, 3.63) is 12.7 Å². The molecule has 17 heavy (non-hydrogen) atoms. The molecule has 0 N–H and O–H groups in total. The van der Waals surface area contributed by atoms with Crippen molar-refractivity contribution in [1.82, 2.24) is 0 Å². The van der Waals surface area contributed by atoms with E-state index >= 15 is 0 Å². The summed E-state index contributed by atoms with van der Waals surface area (Å²) in [4.78, 5) is 10.8. The van der Waals surface area contributed by atoms with Crippen LogP contribution in [0.25, 0.3) is 0 Å². The zero-order chi connectivity index (χ0) is 12.7. The first kappa shape index (κ1) is 14.2. The van der Waals surface area contributed by atoms with Crippen molar-refractivity contribution >= 4 is 15.8 Å². The van der Waals surface area contributed by atoms with E-state index in [1.807, 2.05) is 0 Å². The largest absolute Gasteiger partial charge is 0.461 e. The van der Waals surface area contributed by atoms with E-state index in [0.717, 1.165) is 31.8 Å². The lowest BCUT2D eigenvalue weighted by molar-refractivity contribution is -0.137. The lowest BCUT2D eigenvalue weighted by atomic mass is 9.91. The van der Waals surface area contributed by atoms with Gasteiger partial charge in [0.05, 0.1) is 11.5 Å². The molecule has 0 atom stereocenters. The van der Waals surface area contributed by atoms with Gasteiger partial charge in [-0.3, -0.25) is 0 Å². The molecule has 1 saturated carbocycles. The summed E-state index contributed by atoms with van der Waals surface area (Å²) in [6.45, 7) is 3.18. The highest BCUT2D eigenvalue weighted by Gasteiger charge is 2.21. The molecule has 0 radical (unpaired) electrons. The fourth-order valence-corrected chi connectivity index (χ4v) is 3.68. The summed E-state index contributed by atoms with van der Waals surface area (Å²) < 4.78 is 28.2. The summed E-state index contributed by atoms with van der Waals surface area (Å²) in [7, 11) is -3.10. The van der Waals surface area contributed by atoms with E-state index in [2.05, 4.69) is 11.3 Å². The molecule has 0 heterocycles. The van der Waals surface area contributed by atoms with Gasteiger partial charge in [-0.1, -0.05) is 25.8 Å². The van der Waals surface area contributed by atoms with Crippen LogP contribution in [0.1, 0.15) is 32.1 Å². The Morgan fingerprint density at radius 3 is 2.53 bits per heavy atom. The quantitative estimate of drug-likeness (QED) is 0.539. The Kier molecular flexibility index (Phi) is 5.68. The molecular weight excluding hydrogens is 240 g/mol. The van der Waals surface area contributed by atoms with Gasteiger partial charge in [-0.05, 0) is 18.8 Å².